The predicted octanol–water partition coefficient (Wildman–Crippen LogP) is 5.34. The van der Waals surface area contributed by atoms with Crippen molar-refractivity contribution in [1.82, 2.24) is 4.72 Å². The molecule has 0 amide bonds. The Bertz CT molecular complexity index is 1640. The Labute approximate surface area is 250 Å². The fourth-order valence-electron chi connectivity index (χ4n) is 8.19. The average Bonchev–Trinajstić information content (AvgIpc) is 3.25. The average molecular weight is 585 g/mol. The predicted molar refractivity (Wildman–Crippen MR) is 166 cm³/mol. The van der Waals surface area contributed by atoms with Crippen LogP contribution in [-0.4, -0.2) is 46.1 Å². The number of fused-ring (bicyclic) bond motifs is 4. The van der Waals surface area contributed by atoms with E-state index in [-0.39, 0.29) is 16.6 Å². The standard InChI is InChI=1S/C35H40N2O4S/c1-34-22-31(24-7-10-26(11-8-24)37(3)4)33-29-16-12-27(38)21-25(29)9-15-30(33)32(34)18-20-35(34,39)19-17-23-5-13-28(14-6-23)42(40,41)36-2/h5-8,10-11,13-14,21,30-32,36,39H,9,12,15-16,18,20,22H2,1-4H3/t30?,31-,32?,34+,35+/m1/s1. The molecule has 4 aliphatic carbocycles. The summed E-state index contributed by atoms with van der Waals surface area (Å²) < 4.78 is 26.6. The Morgan fingerprint density at radius 3 is 2.38 bits per heavy atom. The van der Waals surface area contributed by atoms with Gasteiger partial charge in [0.25, 0.3) is 0 Å². The molecule has 6 rings (SSSR count). The SMILES string of the molecule is CNS(=O)(=O)c1ccc(C#C[C@]2(O)CCC3C4CCC5=CC(=O)CCC5=C4[C@@H](c4ccc(N(C)C)cc4)C[C@@]32C)cc1. The molecule has 0 saturated heterocycles. The first-order chi connectivity index (χ1) is 20.0. The Morgan fingerprint density at radius 2 is 1.71 bits per heavy atom. The maximum atomic E-state index is 12.3. The van der Waals surface area contributed by atoms with Crippen LogP contribution in [-0.2, 0) is 14.8 Å². The molecule has 2 fully saturated rings. The molecule has 42 heavy (non-hydrogen) atoms. The Kier molecular flexibility index (Phi) is 7.24. The van der Waals surface area contributed by atoms with Gasteiger partial charge in [-0.25, -0.2) is 13.1 Å². The van der Waals surface area contributed by atoms with E-state index in [1.807, 2.05) is 20.2 Å². The van der Waals surface area contributed by atoms with Gasteiger partial charge in [-0.2, -0.15) is 0 Å². The molecule has 2 aromatic carbocycles. The van der Waals surface area contributed by atoms with Crippen molar-refractivity contribution in [1.29, 1.82) is 0 Å². The first kappa shape index (κ1) is 28.9. The number of allylic oxidation sites excluding steroid dienone is 4. The highest BCUT2D eigenvalue weighted by Gasteiger charge is 2.62. The van der Waals surface area contributed by atoms with E-state index in [0.29, 0.717) is 30.2 Å². The number of rotatable bonds is 4. The van der Waals surface area contributed by atoms with Crippen LogP contribution in [0.5, 0.6) is 0 Å². The molecule has 0 radical (unpaired) electrons. The molecule has 2 N–H and O–H groups in total. The maximum Gasteiger partial charge on any atom is 0.240 e. The van der Waals surface area contributed by atoms with Gasteiger partial charge in [0.1, 0.15) is 5.60 Å². The molecule has 220 valence electrons. The van der Waals surface area contributed by atoms with Gasteiger partial charge in [0.15, 0.2) is 5.78 Å². The number of aliphatic hydroxyl groups is 1. The van der Waals surface area contributed by atoms with Crippen LogP contribution in [0.2, 0.25) is 0 Å². The molecule has 2 saturated carbocycles. The van der Waals surface area contributed by atoms with E-state index >= 15 is 0 Å². The highest BCUT2D eigenvalue weighted by Crippen LogP contribution is 2.66. The molecule has 0 aliphatic heterocycles. The summed E-state index contributed by atoms with van der Waals surface area (Å²) in [7, 11) is 1.96. The molecular formula is C35H40N2O4S. The number of ketones is 1. The summed E-state index contributed by atoms with van der Waals surface area (Å²) in [6, 6.07) is 15.3. The Hall–Kier alpha value is -3.18. The largest absolute Gasteiger partial charge is 0.378 e. The molecule has 7 heteroatoms. The van der Waals surface area contributed by atoms with Gasteiger partial charge in [-0.05, 0) is 117 Å². The lowest BCUT2D eigenvalue weighted by molar-refractivity contribution is -0.114. The smallest absolute Gasteiger partial charge is 0.240 e. The third kappa shape index (κ3) is 4.74. The number of nitrogens with one attached hydrogen (secondary N) is 1. The van der Waals surface area contributed by atoms with Gasteiger partial charge in [-0.1, -0.05) is 36.5 Å². The highest BCUT2D eigenvalue weighted by atomic mass is 32.2. The van der Waals surface area contributed by atoms with Crippen molar-refractivity contribution in [3.05, 3.63) is 82.5 Å². The Morgan fingerprint density at radius 1 is 1.00 bits per heavy atom. The van der Waals surface area contributed by atoms with Crippen molar-refractivity contribution >= 4 is 21.5 Å². The van der Waals surface area contributed by atoms with E-state index in [2.05, 4.69) is 52.7 Å². The number of carbonyl (C=O) groups excluding carboxylic acids is 1. The van der Waals surface area contributed by atoms with Crippen molar-refractivity contribution < 1.29 is 18.3 Å². The second-order valence-electron chi connectivity index (χ2n) is 12.9. The van der Waals surface area contributed by atoms with E-state index in [1.54, 1.807) is 24.3 Å². The lowest BCUT2D eigenvalue weighted by Crippen LogP contribution is -2.51. The minimum absolute atomic E-state index is 0.150. The fourth-order valence-corrected chi connectivity index (χ4v) is 8.92. The van der Waals surface area contributed by atoms with Crippen LogP contribution in [0, 0.1) is 29.1 Å². The minimum atomic E-state index is -3.52. The summed E-state index contributed by atoms with van der Waals surface area (Å²) >= 11 is 0. The summed E-state index contributed by atoms with van der Waals surface area (Å²) in [5.41, 5.74) is 5.63. The van der Waals surface area contributed by atoms with Crippen molar-refractivity contribution in [2.24, 2.45) is 17.3 Å². The van der Waals surface area contributed by atoms with Crippen LogP contribution < -0.4 is 9.62 Å². The maximum absolute atomic E-state index is 12.3. The molecule has 2 aromatic rings. The van der Waals surface area contributed by atoms with E-state index < -0.39 is 21.0 Å². The highest BCUT2D eigenvalue weighted by molar-refractivity contribution is 7.89. The Balaban J connectivity index is 1.41. The molecular weight excluding hydrogens is 544 g/mol. The molecule has 2 unspecified atom stereocenters. The first-order valence-corrected chi connectivity index (χ1v) is 16.5. The molecule has 6 nitrogen and oxygen atoms in total. The van der Waals surface area contributed by atoms with Gasteiger partial charge in [-0.15, -0.1) is 0 Å². The normalized spacial score (nSPS) is 30.5. The molecule has 4 aliphatic rings. The van der Waals surface area contributed by atoms with Crippen LogP contribution in [0.25, 0.3) is 0 Å². The van der Waals surface area contributed by atoms with E-state index in [1.165, 1.54) is 29.3 Å². The molecule has 5 atom stereocenters. The minimum Gasteiger partial charge on any atom is -0.378 e. The van der Waals surface area contributed by atoms with Crippen LogP contribution in [0.3, 0.4) is 0 Å². The van der Waals surface area contributed by atoms with Gasteiger partial charge in [0, 0.05) is 43.1 Å². The summed E-state index contributed by atoms with van der Waals surface area (Å²) in [5.74, 6) is 7.55. The molecule has 0 aromatic heterocycles. The van der Waals surface area contributed by atoms with Gasteiger partial charge < -0.3 is 10.0 Å². The monoisotopic (exact) mass is 584 g/mol. The van der Waals surface area contributed by atoms with Crippen LogP contribution >= 0.6 is 0 Å². The summed E-state index contributed by atoms with van der Waals surface area (Å²) in [5, 5.41) is 12.3. The van der Waals surface area contributed by atoms with Crippen molar-refractivity contribution in [3.8, 4) is 11.8 Å². The van der Waals surface area contributed by atoms with E-state index in [0.717, 1.165) is 37.8 Å². The number of anilines is 1. The van der Waals surface area contributed by atoms with Gasteiger partial charge in [0.05, 0.1) is 4.90 Å². The van der Waals surface area contributed by atoms with Crippen LogP contribution in [0.1, 0.15) is 68.9 Å². The third-order valence-corrected chi connectivity index (χ3v) is 12.0. The topological polar surface area (TPSA) is 86.7 Å². The zero-order valence-electron chi connectivity index (χ0n) is 24.9. The number of hydrogen-bond acceptors (Lipinski definition) is 5. The zero-order valence-corrected chi connectivity index (χ0v) is 25.7. The third-order valence-electron chi connectivity index (χ3n) is 10.5. The van der Waals surface area contributed by atoms with E-state index in [4.69, 9.17) is 0 Å². The van der Waals surface area contributed by atoms with Crippen LogP contribution in [0.4, 0.5) is 5.69 Å². The van der Waals surface area contributed by atoms with Gasteiger partial charge >= 0.3 is 0 Å². The number of carbonyl (C=O) groups is 1. The molecule has 0 heterocycles. The van der Waals surface area contributed by atoms with Gasteiger partial charge in [-0.3, -0.25) is 4.79 Å². The summed E-state index contributed by atoms with van der Waals surface area (Å²) in [6.45, 7) is 2.24. The van der Waals surface area contributed by atoms with Crippen LogP contribution in [0.15, 0.2) is 76.2 Å². The summed E-state index contributed by atoms with van der Waals surface area (Å²) in [6.07, 6.45) is 7.51. The van der Waals surface area contributed by atoms with Crippen molar-refractivity contribution in [2.75, 3.05) is 26.0 Å². The fraction of sp³-hybridized carbons (Fsp3) is 0.457. The number of benzene rings is 2. The first-order valence-electron chi connectivity index (χ1n) is 15.0. The molecule has 0 spiro atoms. The number of sulfonamides is 1. The molecule has 0 bridgehead atoms. The second-order valence-corrected chi connectivity index (χ2v) is 14.7. The van der Waals surface area contributed by atoms with E-state index in [9.17, 15) is 18.3 Å². The second kappa shape index (κ2) is 10.5. The lowest BCUT2D eigenvalue weighted by atomic mass is 9.51. The summed E-state index contributed by atoms with van der Waals surface area (Å²) in [4.78, 5) is 14.6. The van der Waals surface area contributed by atoms with Crippen molar-refractivity contribution in [3.63, 3.8) is 0 Å². The lowest BCUT2D eigenvalue weighted by Gasteiger charge is -2.53. The van der Waals surface area contributed by atoms with Crippen molar-refractivity contribution in [2.45, 2.75) is 68.3 Å². The zero-order chi connectivity index (χ0) is 29.9. The number of hydrogen-bond donors (Lipinski definition) is 2. The quantitative estimate of drug-likeness (QED) is 0.474. The van der Waals surface area contributed by atoms with Gasteiger partial charge in [0.2, 0.25) is 10.0 Å². The number of nitrogens with zero attached hydrogens (tertiary/aromatic N) is 1.